The molecule has 3 rings (SSSR count). The summed E-state index contributed by atoms with van der Waals surface area (Å²) in [5.41, 5.74) is 2.41. The van der Waals surface area contributed by atoms with Crippen LogP contribution in [0.3, 0.4) is 0 Å². The lowest BCUT2D eigenvalue weighted by Crippen LogP contribution is -1.99. The van der Waals surface area contributed by atoms with Crippen molar-refractivity contribution in [3.8, 4) is 0 Å². The summed E-state index contributed by atoms with van der Waals surface area (Å²) >= 11 is 9.40. The van der Waals surface area contributed by atoms with Crippen LogP contribution in [-0.4, -0.2) is 10.9 Å². The molecule has 0 saturated heterocycles. The second-order valence-electron chi connectivity index (χ2n) is 4.73. The Morgan fingerprint density at radius 3 is 2.76 bits per heavy atom. The summed E-state index contributed by atoms with van der Waals surface area (Å²) in [4.78, 5) is 11.2. The van der Waals surface area contributed by atoms with E-state index in [0.29, 0.717) is 21.6 Å². The molecular formula is C16H10BrClFNO. The van der Waals surface area contributed by atoms with Crippen LogP contribution in [0.5, 0.6) is 0 Å². The summed E-state index contributed by atoms with van der Waals surface area (Å²) in [6, 6.07) is 9.97. The van der Waals surface area contributed by atoms with Gasteiger partial charge in [-0.25, -0.2) is 4.39 Å². The molecule has 0 saturated carbocycles. The fourth-order valence-electron chi connectivity index (χ4n) is 2.35. The molecule has 0 bridgehead atoms. The summed E-state index contributed by atoms with van der Waals surface area (Å²) in [5, 5.41) is 1.46. The minimum atomic E-state index is -0.292. The van der Waals surface area contributed by atoms with Crippen LogP contribution in [0.25, 0.3) is 10.9 Å². The molecule has 0 aliphatic rings. The zero-order valence-corrected chi connectivity index (χ0v) is 13.2. The average Bonchev–Trinajstić information content (AvgIpc) is 2.79. The van der Waals surface area contributed by atoms with E-state index in [9.17, 15) is 9.18 Å². The van der Waals surface area contributed by atoms with Gasteiger partial charge in [0.2, 0.25) is 0 Å². The van der Waals surface area contributed by atoms with Crippen LogP contribution in [0.15, 0.2) is 47.1 Å². The number of hydrogen-bond acceptors (Lipinski definition) is 1. The van der Waals surface area contributed by atoms with E-state index in [0.717, 1.165) is 22.8 Å². The Labute approximate surface area is 134 Å². The van der Waals surface area contributed by atoms with Gasteiger partial charge in [0.1, 0.15) is 5.82 Å². The molecule has 1 heterocycles. The lowest BCUT2D eigenvalue weighted by Gasteiger charge is -2.08. The Balaban J connectivity index is 2.11. The second kappa shape index (κ2) is 5.62. The van der Waals surface area contributed by atoms with Crippen molar-refractivity contribution < 1.29 is 9.18 Å². The molecule has 0 unspecified atom stereocenters. The summed E-state index contributed by atoms with van der Waals surface area (Å²) in [7, 11) is 0. The number of carbonyl (C=O) groups excluding carboxylic acids is 1. The van der Waals surface area contributed by atoms with Gasteiger partial charge in [-0.1, -0.05) is 39.7 Å². The average molecular weight is 367 g/mol. The molecule has 0 spiro atoms. The van der Waals surface area contributed by atoms with Gasteiger partial charge in [-0.05, 0) is 29.8 Å². The first-order valence-corrected chi connectivity index (χ1v) is 7.43. The van der Waals surface area contributed by atoms with E-state index < -0.39 is 0 Å². The number of carbonyl (C=O) groups is 1. The molecule has 0 radical (unpaired) electrons. The van der Waals surface area contributed by atoms with Gasteiger partial charge in [-0.15, -0.1) is 0 Å². The predicted octanol–water partition coefficient (Wildman–Crippen LogP) is 5.06. The van der Waals surface area contributed by atoms with Crippen LogP contribution in [0.4, 0.5) is 4.39 Å². The number of benzene rings is 2. The number of rotatable bonds is 3. The molecule has 3 aromatic rings. The molecule has 0 aliphatic carbocycles. The minimum absolute atomic E-state index is 0.292. The number of aldehydes is 1. The summed E-state index contributed by atoms with van der Waals surface area (Å²) in [5.74, 6) is -0.292. The molecule has 2 aromatic carbocycles. The first kappa shape index (κ1) is 14.3. The third kappa shape index (κ3) is 2.74. The molecule has 0 amide bonds. The van der Waals surface area contributed by atoms with Gasteiger partial charge in [-0.2, -0.15) is 0 Å². The molecule has 0 aliphatic heterocycles. The second-order valence-corrected chi connectivity index (χ2v) is 6.02. The highest BCUT2D eigenvalue weighted by atomic mass is 79.9. The number of aromatic nitrogens is 1. The van der Waals surface area contributed by atoms with Crippen molar-refractivity contribution >= 4 is 44.7 Å². The topological polar surface area (TPSA) is 22.0 Å². The van der Waals surface area contributed by atoms with Crippen LogP contribution in [0, 0.1) is 5.82 Å². The van der Waals surface area contributed by atoms with E-state index in [-0.39, 0.29) is 5.82 Å². The van der Waals surface area contributed by atoms with Gasteiger partial charge in [0, 0.05) is 33.2 Å². The predicted molar refractivity (Wildman–Crippen MR) is 85.5 cm³/mol. The smallest absolute Gasteiger partial charge is 0.152 e. The van der Waals surface area contributed by atoms with Crippen molar-refractivity contribution in [1.82, 2.24) is 4.57 Å². The van der Waals surface area contributed by atoms with Crippen LogP contribution in [0.2, 0.25) is 5.02 Å². The molecular weight excluding hydrogens is 357 g/mol. The number of nitrogens with zero attached hydrogens (tertiary/aromatic N) is 1. The maximum atomic E-state index is 13.2. The van der Waals surface area contributed by atoms with Gasteiger partial charge in [0.25, 0.3) is 0 Å². The Morgan fingerprint density at radius 2 is 2.05 bits per heavy atom. The van der Waals surface area contributed by atoms with Crippen molar-refractivity contribution in [3.05, 3.63) is 69.0 Å². The van der Waals surface area contributed by atoms with Crippen LogP contribution < -0.4 is 0 Å². The molecule has 2 nitrogen and oxygen atoms in total. The quantitative estimate of drug-likeness (QED) is 0.594. The Hall–Kier alpha value is -1.65. The van der Waals surface area contributed by atoms with Crippen LogP contribution in [0.1, 0.15) is 15.9 Å². The zero-order valence-electron chi connectivity index (χ0n) is 10.8. The van der Waals surface area contributed by atoms with Crippen molar-refractivity contribution in [1.29, 1.82) is 0 Å². The maximum absolute atomic E-state index is 13.2. The molecule has 0 fully saturated rings. The van der Waals surface area contributed by atoms with E-state index in [1.165, 1.54) is 12.1 Å². The lowest BCUT2D eigenvalue weighted by molar-refractivity contribution is 0.112. The van der Waals surface area contributed by atoms with Crippen molar-refractivity contribution in [2.45, 2.75) is 6.54 Å². The highest BCUT2D eigenvalue weighted by Gasteiger charge is 2.10. The standard InChI is InChI=1S/C16H10BrClFNO/c17-15-6-13(19)3-1-10(15)7-20-8-11(9-21)14-4-2-12(18)5-16(14)20/h1-6,8-9H,7H2. The Morgan fingerprint density at radius 1 is 1.24 bits per heavy atom. The molecule has 21 heavy (non-hydrogen) atoms. The molecule has 106 valence electrons. The lowest BCUT2D eigenvalue weighted by atomic mass is 10.2. The minimum Gasteiger partial charge on any atom is -0.342 e. The van der Waals surface area contributed by atoms with E-state index in [1.807, 2.05) is 16.7 Å². The Kier molecular flexibility index (Phi) is 3.83. The van der Waals surface area contributed by atoms with Crippen LogP contribution >= 0.6 is 27.5 Å². The molecule has 1 aromatic heterocycles. The summed E-state index contributed by atoms with van der Waals surface area (Å²) in [6.07, 6.45) is 2.61. The van der Waals surface area contributed by atoms with Crippen molar-refractivity contribution in [2.24, 2.45) is 0 Å². The van der Waals surface area contributed by atoms with E-state index >= 15 is 0 Å². The molecule has 5 heteroatoms. The largest absolute Gasteiger partial charge is 0.342 e. The maximum Gasteiger partial charge on any atom is 0.152 e. The van der Waals surface area contributed by atoms with Crippen molar-refractivity contribution in [2.75, 3.05) is 0 Å². The SMILES string of the molecule is O=Cc1cn(Cc2ccc(F)cc2Br)c2cc(Cl)ccc12. The highest BCUT2D eigenvalue weighted by Crippen LogP contribution is 2.26. The monoisotopic (exact) mass is 365 g/mol. The first-order valence-electron chi connectivity index (χ1n) is 6.26. The number of halogens is 3. The third-order valence-electron chi connectivity index (χ3n) is 3.36. The fraction of sp³-hybridized carbons (Fsp3) is 0.0625. The summed E-state index contributed by atoms with van der Waals surface area (Å²) < 4.78 is 15.8. The number of hydrogen-bond donors (Lipinski definition) is 0. The molecule has 0 atom stereocenters. The number of fused-ring (bicyclic) bond motifs is 1. The van der Waals surface area contributed by atoms with Gasteiger partial charge in [0.15, 0.2) is 6.29 Å². The van der Waals surface area contributed by atoms with Crippen molar-refractivity contribution in [3.63, 3.8) is 0 Å². The van der Waals surface area contributed by atoms with Gasteiger partial charge < -0.3 is 4.57 Å². The molecule has 0 N–H and O–H groups in total. The van der Waals surface area contributed by atoms with Gasteiger partial charge in [0.05, 0.1) is 5.52 Å². The third-order valence-corrected chi connectivity index (χ3v) is 4.33. The normalized spacial score (nSPS) is 11.0. The van der Waals surface area contributed by atoms with Gasteiger partial charge in [-0.3, -0.25) is 4.79 Å². The zero-order chi connectivity index (χ0) is 15.0. The summed E-state index contributed by atoms with van der Waals surface area (Å²) in [6.45, 7) is 0.519. The van der Waals surface area contributed by atoms with E-state index in [4.69, 9.17) is 11.6 Å². The fourth-order valence-corrected chi connectivity index (χ4v) is 2.99. The highest BCUT2D eigenvalue weighted by molar-refractivity contribution is 9.10. The van der Waals surface area contributed by atoms with Gasteiger partial charge >= 0.3 is 0 Å². The van der Waals surface area contributed by atoms with Crippen LogP contribution in [-0.2, 0) is 6.54 Å². The first-order chi connectivity index (χ1) is 10.1. The van der Waals surface area contributed by atoms with E-state index in [2.05, 4.69) is 15.9 Å². The van der Waals surface area contributed by atoms with E-state index in [1.54, 1.807) is 18.3 Å². The Bertz CT molecular complexity index is 844.